The van der Waals surface area contributed by atoms with Gasteiger partial charge in [0.05, 0.1) is 13.7 Å². The van der Waals surface area contributed by atoms with E-state index in [1.807, 2.05) is 32.1 Å². The van der Waals surface area contributed by atoms with Crippen molar-refractivity contribution in [1.29, 1.82) is 0 Å². The van der Waals surface area contributed by atoms with Crippen LogP contribution in [0.2, 0.25) is 0 Å². The van der Waals surface area contributed by atoms with Crippen LogP contribution < -0.4 is 4.74 Å². The molecule has 3 nitrogen and oxygen atoms in total. The lowest BCUT2D eigenvalue weighted by Crippen LogP contribution is -1.98. The van der Waals surface area contributed by atoms with Gasteiger partial charge in [0, 0.05) is 11.6 Å². The first kappa shape index (κ1) is 15.0. The minimum absolute atomic E-state index is 0.331. The molecule has 1 rings (SSSR count). The number of esters is 1. The Hall–Kier alpha value is -2.03. The van der Waals surface area contributed by atoms with Crippen molar-refractivity contribution in [1.82, 2.24) is 0 Å². The van der Waals surface area contributed by atoms with Gasteiger partial charge in [-0.15, -0.1) is 0 Å². The molecule has 0 fully saturated rings. The van der Waals surface area contributed by atoms with Crippen LogP contribution in [0.5, 0.6) is 5.75 Å². The third-order valence-electron chi connectivity index (χ3n) is 2.64. The fourth-order valence-electron chi connectivity index (χ4n) is 1.68. The molecule has 0 spiro atoms. The first-order chi connectivity index (χ1) is 9.08. The molecular weight excluding hydrogens is 240 g/mol. The average Bonchev–Trinajstić information content (AvgIpc) is 2.38. The van der Waals surface area contributed by atoms with Crippen molar-refractivity contribution in [2.75, 3.05) is 13.7 Å². The number of benzene rings is 1. The maximum atomic E-state index is 11.2. The molecule has 1 aromatic rings. The Morgan fingerprint density at radius 2 is 2.11 bits per heavy atom. The van der Waals surface area contributed by atoms with Crippen LogP contribution in [-0.2, 0) is 9.53 Å². The van der Waals surface area contributed by atoms with Gasteiger partial charge in [-0.25, -0.2) is 4.79 Å². The quantitative estimate of drug-likeness (QED) is 0.461. The second-order valence-electron chi connectivity index (χ2n) is 4.16. The molecule has 0 saturated heterocycles. The highest BCUT2D eigenvalue weighted by Crippen LogP contribution is 2.26. The van der Waals surface area contributed by atoms with Crippen LogP contribution in [-0.4, -0.2) is 19.7 Å². The van der Waals surface area contributed by atoms with E-state index in [4.69, 9.17) is 9.47 Å². The Balaban J connectivity index is 2.90. The number of hydrogen-bond acceptors (Lipinski definition) is 3. The number of carbonyl (C=O) groups excluding carboxylic acids is 1. The summed E-state index contributed by atoms with van der Waals surface area (Å²) in [5.74, 6) is 0.492. The number of allylic oxidation sites excluding steroid dienone is 3. The van der Waals surface area contributed by atoms with Gasteiger partial charge < -0.3 is 9.47 Å². The topological polar surface area (TPSA) is 35.5 Å². The van der Waals surface area contributed by atoms with Gasteiger partial charge in [0.15, 0.2) is 0 Å². The van der Waals surface area contributed by atoms with Crippen molar-refractivity contribution < 1.29 is 14.3 Å². The predicted octanol–water partition coefficient (Wildman–Crippen LogP) is 3.53. The third-order valence-corrected chi connectivity index (χ3v) is 2.64. The number of ether oxygens (including phenoxy) is 2. The number of methoxy groups -OCH3 is 1. The molecule has 102 valence electrons. The van der Waals surface area contributed by atoms with Crippen molar-refractivity contribution in [2.45, 2.75) is 20.8 Å². The van der Waals surface area contributed by atoms with Crippen LogP contribution in [0.4, 0.5) is 0 Å². The summed E-state index contributed by atoms with van der Waals surface area (Å²) in [6.45, 7) is 6.18. The Morgan fingerprint density at radius 3 is 2.74 bits per heavy atom. The molecule has 0 aromatic heterocycles. The van der Waals surface area contributed by atoms with Crippen molar-refractivity contribution >= 4 is 11.5 Å². The molecule has 0 aliphatic rings. The molecule has 0 bridgehead atoms. The molecule has 0 radical (unpaired) electrons. The van der Waals surface area contributed by atoms with Gasteiger partial charge >= 0.3 is 5.97 Å². The van der Waals surface area contributed by atoms with Gasteiger partial charge in [-0.05, 0) is 38.5 Å². The van der Waals surface area contributed by atoms with Crippen LogP contribution in [0.1, 0.15) is 25.0 Å². The number of aryl methyl sites for hydroxylation is 1. The number of carbonyl (C=O) groups is 1. The van der Waals surface area contributed by atoms with E-state index in [1.54, 1.807) is 20.1 Å². The van der Waals surface area contributed by atoms with Gasteiger partial charge in [-0.1, -0.05) is 23.8 Å². The maximum absolute atomic E-state index is 11.2. The van der Waals surface area contributed by atoms with Crippen LogP contribution in [0.25, 0.3) is 5.57 Å². The fourth-order valence-corrected chi connectivity index (χ4v) is 1.68. The largest absolute Gasteiger partial charge is 0.496 e. The summed E-state index contributed by atoms with van der Waals surface area (Å²) in [7, 11) is 1.65. The number of rotatable bonds is 5. The lowest BCUT2D eigenvalue weighted by Gasteiger charge is -2.09. The third kappa shape index (κ3) is 4.62. The fraction of sp³-hybridized carbons (Fsp3) is 0.312. The highest BCUT2D eigenvalue weighted by atomic mass is 16.5. The first-order valence-corrected chi connectivity index (χ1v) is 6.25. The van der Waals surface area contributed by atoms with E-state index in [2.05, 4.69) is 6.07 Å². The number of hydrogen-bond donors (Lipinski definition) is 0. The average molecular weight is 260 g/mol. The first-order valence-electron chi connectivity index (χ1n) is 6.25. The summed E-state index contributed by atoms with van der Waals surface area (Å²) in [6.07, 6.45) is 4.97. The molecule has 0 unspecified atom stereocenters. The van der Waals surface area contributed by atoms with E-state index >= 15 is 0 Å². The van der Waals surface area contributed by atoms with E-state index in [0.29, 0.717) is 6.61 Å². The van der Waals surface area contributed by atoms with Gasteiger partial charge in [0.25, 0.3) is 0 Å². The maximum Gasteiger partial charge on any atom is 0.330 e. The molecule has 0 saturated carbocycles. The Kier molecular flexibility index (Phi) is 5.86. The Morgan fingerprint density at radius 1 is 1.37 bits per heavy atom. The molecule has 0 aliphatic carbocycles. The summed E-state index contributed by atoms with van der Waals surface area (Å²) in [6, 6.07) is 6.00. The second kappa shape index (κ2) is 7.41. The molecule has 0 heterocycles. The molecule has 0 N–H and O–H groups in total. The molecule has 1 aromatic carbocycles. The highest BCUT2D eigenvalue weighted by molar-refractivity contribution is 5.83. The zero-order chi connectivity index (χ0) is 14.3. The van der Waals surface area contributed by atoms with Crippen molar-refractivity contribution in [2.24, 2.45) is 0 Å². The summed E-state index contributed by atoms with van der Waals surface area (Å²) >= 11 is 0. The van der Waals surface area contributed by atoms with E-state index in [1.165, 1.54) is 6.08 Å². The zero-order valence-corrected chi connectivity index (χ0v) is 11.9. The predicted molar refractivity (Wildman–Crippen MR) is 77.2 cm³/mol. The standard InChI is InChI=1S/C16H20O3/c1-5-19-16(17)8-6-7-13(3)14-11-12(2)9-10-15(14)18-4/h6-11H,5H2,1-4H3. The van der Waals surface area contributed by atoms with E-state index in [0.717, 1.165) is 22.4 Å². The van der Waals surface area contributed by atoms with E-state index in [9.17, 15) is 4.79 Å². The molecule has 3 heteroatoms. The van der Waals surface area contributed by atoms with Crippen LogP contribution >= 0.6 is 0 Å². The van der Waals surface area contributed by atoms with Crippen LogP contribution in [0.3, 0.4) is 0 Å². The zero-order valence-electron chi connectivity index (χ0n) is 11.9. The van der Waals surface area contributed by atoms with E-state index < -0.39 is 0 Å². The Bertz CT molecular complexity index is 499. The molecular formula is C16H20O3. The van der Waals surface area contributed by atoms with Gasteiger partial charge in [0.1, 0.15) is 5.75 Å². The Labute approximate surface area is 114 Å². The van der Waals surface area contributed by atoms with Crippen LogP contribution in [0, 0.1) is 6.92 Å². The lowest BCUT2D eigenvalue weighted by molar-refractivity contribution is -0.137. The summed E-state index contributed by atoms with van der Waals surface area (Å²) < 4.78 is 10.1. The van der Waals surface area contributed by atoms with Gasteiger partial charge in [0.2, 0.25) is 0 Å². The summed E-state index contributed by atoms with van der Waals surface area (Å²) in [5, 5.41) is 0. The van der Waals surface area contributed by atoms with Gasteiger partial charge in [-0.2, -0.15) is 0 Å². The second-order valence-corrected chi connectivity index (χ2v) is 4.16. The normalized spacial score (nSPS) is 11.7. The van der Waals surface area contributed by atoms with Gasteiger partial charge in [-0.3, -0.25) is 0 Å². The summed E-state index contributed by atoms with van der Waals surface area (Å²) in [5.41, 5.74) is 3.22. The molecule has 0 amide bonds. The smallest absolute Gasteiger partial charge is 0.330 e. The van der Waals surface area contributed by atoms with Crippen molar-refractivity contribution in [3.05, 3.63) is 47.6 Å². The SMILES string of the molecule is CCOC(=O)C=CC=C(C)c1cc(C)ccc1OC. The molecule has 0 aliphatic heterocycles. The van der Waals surface area contributed by atoms with Crippen molar-refractivity contribution in [3.8, 4) is 5.75 Å². The minimum Gasteiger partial charge on any atom is -0.496 e. The minimum atomic E-state index is -0.331. The monoisotopic (exact) mass is 260 g/mol. The lowest BCUT2D eigenvalue weighted by atomic mass is 10.0. The van der Waals surface area contributed by atoms with E-state index in [-0.39, 0.29) is 5.97 Å². The van der Waals surface area contributed by atoms with Crippen LogP contribution in [0.15, 0.2) is 36.4 Å². The highest BCUT2D eigenvalue weighted by Gasteiger charge is 2.04. The molecule has 19 heavy (non-hydrogen) atoms. The van der Waals surface area contributed by atoms with Crippen molar-refractivity contribution in [3.63, 3.8) is 0 Å². The summed E-state index contributed by atoms with van der Waals surface area (Å²) in [4.78, 5) is 11.2. The molecule has 0 atom stereocenters.